The average molecular weight is 1080 g/mol. The molecule has 0 aromatic rings. The molecule has 75 heavy (non-hydrogen) atoms. The maximum Gasteiger partial charge on any atom is 0.306 e. The Morgan fingerprint density at radius 3 is 1.08 bits per heavy atom. The van der Waals surface area contributed by atoms with E-state index in [0.29, 0.717) is 6.61 Å². The molecule has 0 amide bonds. The molecule has 0 spiro atoms. The van der Waals surface area contributed by atoms with Gasteiger partial charge in [-0.15, -0.1) is 0 Å². The first-order valence-electron chi connectivity index (χ1n) is 31.6. The van der Waals surface area contributed by atoms with E-state index >= 15 is 0 Å². The van der Waals surface area contributed by atoms with Crippen molar-refractivity contribution in [3.8, 4) is 0 Å². The Morgan fingerprint density at radius 1 is 0.387 bits per heavy atom. The highest BCUT2D eigenvalue weighted by atomic mass is 16.7. The van der Waals surface area contributed by atoms with Crippen LogP contribution in [0.4, 0.5) is 0 Å². The highest BCUT2D eigenvalue weighted by Gasteiger charge is 2.47. The van der Waals surface area contributed by atoms with Gasteiger partial charge >= 0.3 is 5.97 Å². The van der Waals surface area contributed by atoms with E-state index in [4.69, 9.17) is 28.4 Å². The number of hydrogen-bond acceptors (Lipinski definition) is 14. The van der Waals surface area contributed by atoms with Crippen LogP contribution < -0.4 is 0 Å². The second-order valence-electron chi connectivity index (χ2n) is 22.6. The molecule has 0 saturated carbocycles. The monoisotopic (exact) mass is 1070 g/mol. The van der Waals surface area contributed by atoms with Crippen LogP contribution in [0.5, 0.6) is 0 Å². The van der Waals surface area contributed by atoms with Crippen LogP contribution in [0, 0.1) is 0 Å². The summed E-state index contributed by atoms with van der Waals surface area (Å²) in [6.07, 6.45) is 37.4. The summed E-state index contributed by atoms with van der Waals surface area (Å²) in [4.78, 5) is 13.1. The van der Waals surface area contributed by atoms with Crippen LogP contribution in [-0.4, -0.2) is 142 Å². The Morgan fingerprint density at radius 2 is 0.707 bits per heavy atom. The molecule has 11 unspecified atom stereocenters. The zero-order chi connectivity index (χ0) is 54.4. The minimum Gasteiger partial charge on any atom is -0.457 e. The predicted molar refractivity (Wildman–Crippen MR) is 298 cm³/mol. The number of carbonyl (C=O) groups is 1. The third-order valence-corrected chi connectivity index (χ3v) is 15.6. The summed E-state index contributed by atoms with van der Waals surface area (Å²) in [5, 5.41) is 72.4. The molecule has 7 N–H and O–H groups in total. The van der Waals surface area contributed by atoms with Crippen LogP contribution >= 0.6 is 0 Å². The molecule has 2 rings (SSSR count). The summed E-state index contributed by atoms with van der Waals surface area (Å²) >= 11 is 0. The summed E-state index contributed by atoms with van der Waals surface area (Å²) in [5.74, 6) is -0.366. The van der Waals surface area contributed by atoms with Gasteiger partial charge < -0.3 is 64.2 Å². The molecule has 2 aliphatic heterocycles. The van der Waals surface area contributed by atoms with Crippen molar-refractivity contribution in [2.45, 2.75) is 351 Å². The molecule has 0 aromatic heterocycles. The topological polar surface area (TPSA) is 214 Å². The van der Waals surface area contributed by atoms with Crippen molar-refractivity contribution >= 4 is 5.97 Å². The summed E-state index contributed by atoms with van der Waals surface area (Å²) in [5.41, 5.74) is 0. The molecule has 2 aliphatic rings. The molecule has 0 bridgehead atoms. The minimum atomic E-state index is -1.70. The van der Waals surface area contributed by atoms with Gasteiger partial charge in [0.25, 0.3) is 0 Å². The van der Waals surface area contributed by atoms with Gasteiger partial charge in [-0.2, -0.15) is 0 Å². The van der Waals surface area contributed by atoms with E-state index in [9.17, 15) is 40.5 Å². The first-order chi connectivity index (χ1) is 36.6. The first kappa shape index (κ1) is 70.1. The van der Waals surface area contributed by atoms with Crippen LogP contribution in [0.1, 0.15) is 284 Å². The van der Waals surface area contributed by atoms with Gasteiger partial charge in [-0.05, 0) is 12.8 Å². The molecule has 14 nitrogen and oxygen atoms in total. The molecule has 2 saturated heterocycles. The van der Waals surface area contributed by atoms with Crippen molar-refractivity contribution in [2.24, 2.45) is 0 Å². The standard InChI is InChI=1S/C61H118O14/c1-3-5-7-9-11-13-15-17-19-21-23-24-25-26-27-29-31-33-35-37-39-41-43-45-70-47-50(73-53(63)44-42-40-38-36-34-32-30-28-22-20-18-16-14-12-10-8-6-4-2)48-71-60-59(69)57(67)55(65)52(75-60)49-72-61-58(68)56(66)54(64)51(46-62)74-61/h50-52,54-62,64-69H,3-49H2,1-2H3. The fourth-order valence-electron chi connectivity index (χ4n) is 10.5. The lowest BCUT2D eigenvalue weighted by Crippen LogP contribution is -2.61. The fraction of sp³-hybridized carbons (Fsp3) is 0.984. The Balaban J connectivity index is 1.66. The van der Waals surface area contributed by atoms with Gasteiger partial charge in [-0.3, -0.25) is 4.79 Å². The largest absolute Gasteiger partial charge is 0.457 e. The Hall–Kier alpha value is -1.01. The highest BCUT2D eigenvalue weighted by molar-refractivity contribution is 5.69. The number of aliphatic hydroxyl groups excluding tert-OH is 7. The maximum absolute atomic E-state index is 13.1. The molecule has 446 valence electrons. The minimum absolute atomic E-state index is 0.0712. The number of aliphatic hydroxyl groups is 7. The highest BCUT2D eigenvalue weighted by Crippen LogP contribution is 2.27. The molecule has 0 aromatic carbocycles. The Labute approximate surface area is 457 Å². The maximum atomic E-state index is 13.1. The van der Waals surface area contributed by atoms with E-state index in [-0.39, 0.29) is 25.6 Å². The smallest absolute Gasteiger partial charge is 0.306 e. The Kier molecular flexibility index (Phi) is 45.7. The van der Waals surface area contributed by atoms with E-state index in [1.807, 2.05) is 0 Å². The summed E-state index contributed by atoms with van der Waals surface area (Å²) in [6.45, 7) is 3.78. The lowest BCUT2D eigenvalue weighted by molar-refractivity contribution is -0.332. The van der Waals surface area contributed by atoms with Gasteiger partial charge in [-0.25, -0.2) is 0 Å². The van der Waals surface area contributed by atoms with Gasteiger partial charge in [-0.1, -0.05) is 264 Å². The van der Waals surface area contributed by atoms with Crippen molar-refractivity contribution in [3.05, 3.63) is 0 Å². The summed E-state index contributed by atoms with van der Waals surface area (Å²) < 4.78 is 34.5. The van der Waals surface area contributed by atoms with E-state index < -0.39 is 80.7 Å². The SMILES string of the molecule is CCCCCCCCCCCCCCCCCCCCCCCCCOCC(COC1OC(COC2OC(CO)C(O)C(O)C2O)C(O)C(O)C1O)OC(=O)CCCCCCCCCCCCCCCCCCCC. The summed E-state index contributed by atoms with van der Waals surface area (Å²) in [6, 6.07) is 0. The number of esters is 1. The van der Waals surface area contributed by atoms with Crippen LogP contribution in [0.2, 0.25) is 0 Å². The molecule has 2 fully saturated rings. The van der Waals surface area contributed by atoms with Gasteiger partial charge in [0.2, 0.25) is 0 Å². The molecular formula is C61H118O14. The van der Waals surface area contributed by atoms with E-state index in [0.717, 1.165) is 44.9 Å². The van der Waals surface area contributed by atoms with Crippen LogP contribution in [0.3, 0.4) is 0 Å². The van der Waals surface area contributed by atoms with E-state index in [1.54, 1.807) is 0 Å². The average Bonchev–Trinajstić information content (AvgIpc) is 3.41. The van der Waals surface area contributed by atoms with Crippen LogP contribution in [-0.2, 0) is 33.2 Å². The van der Waals surface area contributed by atoms with Gasteiger partial charge in [0.15, 0.2) is 12.6 Å². The Bertz CT molecular complexity index is 1250. The molecule has 0 radical (unpaired) electrons. The molecular weight excluding hydrogens is 957 g/mol. The third-order valence-electron chi connectivity index (χ3n) is 15.6. The van der Waals surface area contributed by atoms with Crippen LogP contribution in [0.25, 0.3) is 0 Å². The van der Waals surface area contributed by atoms with Crippen molar-refractivity contribution in [1.29, 1.82) is 0 Å². The van der Waals surface area contributed by atoms with Crippen molar-refractivity contribution < 1.29 is 69.0 Å². The predicted octanol–water partition coefficient (Wildman–Crippen LogP) is 12.0. The number of carbonyl (C=O) groups excluding carboxylic acids is 1. The zero-order valence-corrected chi connectivity index (χ0v) is 48.1. The van der Waals surface area contributed by atoms with E-state index in [2.05, 4.69) is 13.8 Å². The van der Waals surface area contributed by atoms with Crippen molar-refractivity contribution in [2.75, 3.05) is 33.0 Å². The van der Waals surface area contributed by atoms with Gasteiger partial charge in [0.05, 0.1) is 26.4 Å². The second-order valence-corrected chi connectivity index (χ2v) is 22.6. The molecule has 14 heteroatoms. The number of ether oxygens (including phenoxy) is 6. The normalized spacial score (nSPS) is 24.5. The first-order valence-corrected chi connectivity index (χ1v) is 31.6. The van der Waals surface area contributed by atoms with Crippen LogP contribution in [0.15, 0.2) is 0 Å². The molecule has 2 heterocycles. The number of rotatable bonds is 53. The number of hydrogen-bond donors (Lipinski definition) is 7. The van der Waals surface area contributed by atoms with Crippen molar-refractivity contribution in [3.63, 3.8) is 0 Å². The lowest BCUT2D eigenvalue weighted by Gasteiger charge is -2.42. The lowest BCUT2D eigenvalue weighted by atomic mass is 9.98. The van der Waals surface area contributed by atoms with Gasteiger partial charge in [0, 0.05) is 13.0 Å². The van der Waals surface area contributed by atoms with E-state index in [1.165, 1.54) is 218 Å². The second kappa shape index (κ2) is 48.9. The third kappa shape index (κ3) is 35.4. The number of unbranched alkanes of at least 4 members (excludes halogenated alkanes) is 39. The molecule has 11 atom stereocenters. The van der Waals surface area contributed by atoms with Gasteiger partial charge in [0.1, 0.15) is 54.9 Å². The zero-order valence-electron chi connectivity index (χ0n) is 48.1. The summed E-state index contributed by atoms with van der Waals surface area (Å²) in [7, 11) is 0. The molecule has 0 aliphatic carbocycles. The van der Waals surface area contributed by atoms with Crippen molar-refractivity contribution in [1.82, 2.24) is 0 Å². The fourth-order valence-corrected chi connectivity index (χ4v) is 10.5. The quantitative estimate of drug-likeness (QED) is 0.0223.